The third-order valence-electron chi connectivity index (χ3n) is 3.44. The first-order valence-electron chi connectivity index (χ1n) is 5.95. The van der Waals surface area contributed by atoms with Gasteiger partial charge in [-0.25, -0.2) is 0 Å². The molecular formula is C13H18N2O2. The van der Waals surface area contributed by atoms with Crippen molar-refractivity contribution >= 4 is 5.97 Å². The molecule has 0 aliphatic carbocycles. The third-order valence-corrected chi connectivity index (χ3v) is 3.44. The number of fused-ring (bicyclic) bond motifs is 1. The highest BCUT2D eigenvalue weighted by Crippen LogP contribution is 2.26. The number of benzene rings is 1. The van der Waals surface area contributed by atoms with Crippen LogP contribution in [0.4, 0.5) is 0 Å². The minimum atomic E-state index is -0.966. The van der Waals surface area contributed by atoms with Crippen LogP contribution in [0.1, 0.15) is 29.7 Å². The van der Waals surface area contributed by atoms with Crippen LogP contribution in [0, 0.1) is 0 Å². The summed E-state index contributed by atoms with van der Waals surface area (Å²) in [6.07, 6.45) is 0.976. The van der Waals surface area contributed by atoms with Crippen LogP contribution in [-0.4, -0.2) is 29.1 Å². The molecule has 1 aliphatic heterocycles. The molecule has 1 aromatic carbocycles. The molecule has 1 aliphatic rings. The molecular weight excluding hydrogens is 216 g/mol. The molecule has 4 heteroatoms. The molecule has 1 atom stereocenters. The Balaban J connectivity index is 2.38. The summed E-state index contributed by atoms with van der Waals surface area (Å²) in [7, 11) is 0. The summed E-state index contributed by atoms with van der Waals surface area (Å²) in [5.41, 5.74) is 8.83. The minimum Gasteiger partial charge on any atom is -0.480 e. The third kappa shape index (κ3) is 2.33. The molecule has 3 N–H and O–H groups in total. The van der Waals surface area contributed by atoms with Gasteiger partial charge < -0.3 is 10.8 Å². The van der Waals surface area contributed by atoms with E-state index in [4.69, 9.17) is 10.8 Å². The molecule has 2 rings (SSSR count). The van der Waals surface area contributed by atoms with Crippen LogP contribution < -0.4 is 5.73 Å². The maximum atomic E-state index is 11.0. The standard InChI is InChI=1S/C13H18N2O2/c1-2-15-7-6-9-4-3-5-10(11(9)8-15)12(14)13(16)17/h3-5,12H,2,6-8,14H2,1H3,(H,16,17). The Morgan fingerprint density at radius 2 is 2.35 bits per heavy atom. The van der Waals surface area contributed by atoms with Gasteiger partial charge in [0.25, 0.3) is 0 Å². The predicted molar refractivity (Wildman–Crippen MR) is 65.7 cm³/mol. The van der Waals surface area contributed by atoms with E-state index in [9.17, 15) is 4.79 Å². The number of hydrogen-bond acceptors (Lipinski definition) is 3. The van der Waals surface area contributed by atoms with Crippen LogP contribution in [0.25, 0.3) is 0 Å². The lowest BCUT2D eigenvalue weighted by molar-refractivity contribution is -0.138. The van der Waals surface area contributed by atoms with E-state index in [1.165, 1.54) is 5.56 Å². The topological polar surface area (TPSA) is 66.6 Å². The number of hydrogen-bond donors (Lipinski definition) is 2. The van der Waals surface area contributed by atoms with Crippen LogP contribution in [-0.2, 0) is 17.8 Å². The summed E-state index contributed by atoms with van der Waals surface area (Å²) >= 11 is 0. The lowest BCUT2D eigenvalue weighted by atomic mass is 9.91. The number of aliphatic carboxylic acids is 1. The monoisotopic (exact) mass is 234 g/mol. The van der Waals surface area contributed by atoms with Crippen molar-refractivity contribution in [2.24, 2.45) is 5.73 Å². The summed E-state index contributed by atoms with van der Waals surface area (Å²) in [6, 6.07) is 4.89. The maximum absolute atomic E-state index is 11.0. The Morgan fingerprint density at radius 3 is 3.00 bits per heavy atom. The first kappa shape index (κ1) is 12.1. The molecule has 0 spiro atoms. The highest BCUT2D eigenvalue weighted by atomic mass is 16.4. The van der Waals surface area contributed by atoms with E-state index >= 15 is 0 Å². The van der Waals surface area contributed by atoms with Gasteiger partial charge in [-0.2, -0.15) is 0 Å². The first-order chi connectivity index (χ1) is 8.13. The first-order valence-corrected chi connectivity index (χ1v) is 5.95. The van der Waals surface area contributed by atoms with Crippen molar-refractivity contribution in [2.75, 3.05) is 13.1 Å². The van der Waals surface area contributed by atoms with E-state index in [1.54, 1.807) is 0 Å². The van der Waals surface area contributed by atoms with Gasteiger partial charge in [0, 0.05) is 13.1 Å². The summed E-state index contributed by atoms with van der Waals surface area (Å²) in [5.74, 6) is -0.966. The lowest BCUT2D eigenvalue weighted by Crippen LogP contribution is -2.32. The fourth-order valence-electron chi connectivity index (χ4n) is 2.36. The van der Waals surface area contributed by atoms with Gasteiger partial charge in [0.15, 0.2) is 0 Å². The van der Waals surface area contributed by atoms with Crippen molar-refractivity contribution in [3.05, 3.63) is 34.9 Å². The van der Waals surface area contributed by atoms with Crippen molar-refractivity contribution in [2.45, 2.75) is 25.9 Å². The van der Waals surface area contributed by atoms with Crippen molar-refractivity contribution in [1.82, 2.24) is 4.90 Å². The second-order valence-corrected chi connectivity index (χ2v) is 4.42. The highest BCUT2D eigenvalue weighted by Gasteiger charge is 2.23. The molecule has 0 amide bonds. The fraction of sp³-hybridized carbons (Fsp3) is 0.462. The van der Waals surface area contributed by atoms with Gasteiger partial charge >= 0.3 is 5.97 Å². The number of carboxylic acids is 1. The van der Waals surface area contributed by atoms with Gasteiger partial charge in [-0.3, -0.25) is 9.69 Å². The van der Waals surface area contributed by atoms with Crippen LogP contribution in [0.3, 0.4) is 0 Å². The Bertz CT molecular complexity index is 431. The lowest BCUT2D eigenvalue weighted by Gasteiger charge is -2.30. The largest absolute Gasteiger partial charge is 0.480 e. The van der Waals surface area contributed by atoms with Gasteiger partial charge in [-0.05, 0) is 29.7 Å². The summed E-state index contributed by atoms with van der Waals surface area (Å²) in [6.45, 7) is 4.94. The molecule has 0 radical (unpaired) electrons. The maximum Gasteiger partial charge on any atom is 0.325 e. The normalized spacial score (nSPS) is 17.5. The van der Waals surface area contributed by atoms with Gasteiger partial charge in [0.05, 0.1) is 0 Å². The Morgan fingerprint density at radius 1 is 1.59 bits per heavy atom. The molecule has 92 valence electrons. The number of likely N-dealkylation sites (N-methyl/N-ethyl adjacent to an activating group) is 1. The molecule has 4 nitrogen and oxygen atoms in total. The second kappa shape index (κ2) is 4.85. The Hall–Kier alpha value is -1.39. The molecule has 0 fully saturated rings. The van der Waals surface area contributed by atoms with Crippen molar-refractivity contribution in [1.29, 1.82) is 0 Å². The zero-order chi connectivity index (χ0) is 12.4. The molecule has 0 saturated heterocycles. The van der Waals surface area contributed by atoms with E-state index in [0.29, 0.717) is 0 Å². The highest BCUT2D eigenvalue weighted by molar-refractivity contribution is 5.76. The molecule has 1 aromatic rings. The Labute approximate surface area is 101 Å². The molecule has 0 bridgehead atoms. The van der Waals surface area contributed by atoms with E-state index in [-0.39, 0.29) is 0 Å². The summed E-state index contributed by atoms with van der Waals surface area (Å²) in [5, 5.41) is 9.02. The zero-order valence-electron chi connectivity index (χ0n) is 10.0. The molecule has 0 aromatic heterocycles. The fourth-order valence-corrected chi connectivity index (χ4v) is 2.36. The van der Waals surface area contributed by atoms with Gasteiger partial charge in [-0.15, -0.1) is 0 Å². The molecule has 1 unspecified atom stereocenters. The van der Waals surface area contributed by atoms with E-state index in [1.807, 2.05) is 12.1 Å². The molecule has 1 heterocycles. The van der Waals surface area contributed by atoms with Crippen LogP contribution in [0.5, 0.6) is 0 Å². The number of carboxylic acid groups (broad SMARTS) is 1. The summed E-state index contributed by atoms with van der Waals surface area (Å²) in [4.78, 5) is 13.3. The van der Waals surface area contributed by atoms with Crippen molar-refractivity contribution in [3.63, 3.8) is 0 Å². The molecule has 0 saturated carbocycles. The molecule has 17 heavy (non-hydrogen) atoms. The van der Waals surface area contributed by atoms with E-state index in [0.717, 1.165) is 37.2 Å². The smallest absolute Gasteiger partial charge is 0.325 e. The van der Waals surface area contributed by atoms with Gasteiger partial charge in [-0.1, -0.05) is 25.1 Å². The number of nitrogens with two attached hydrogens (primary N) is 1. The average Bonchev–Trinajstić information content (AvgIpc) is 2.36. The quantitative estimate of drug-likeness (QED) is 0.823. The zero-order valence-corrected chi connectivity index (χ0v) is 10.0. The van der Waals surface area contributed by atoms with Crippen LogP contribution >= 0.6 is 0 Å². The SMILES string of the molecule is CCN1CCc2cccc(C(N)C(=O)O)c2C1. The van der Waals surface area contributed by atoms with Crippen LogP contribution in [0.15, 0.2) is 18.2 Å². The number of nitrogens with zero attached hydrogens (tertiary/aromatic N) is 1. The van der Waals surface area contributed by atoms with Gasteiger partial charge in [0.1, 0.15) is 6.04 Å². The summed E-state index contributed by atoms with van der Waals surface area (Å²) < 4.78 is 0. The Kier molecular flexibility index (Phi) is 3.45. The van der Waals surface area contributed by atoms with Gasteiger partial charge in [0.2, 0.25) is 0 Å². The van der Waals surface area contributed by atoms with Crippen molar-refractivity contribution < 1.29 is 9.90 Å². The van der Waals surface area contributed by atoms with E-state index in [2.05, 4.69) is 17.9 Å². The van der Waals surface area contributed by atoms with Crippen LogP contribution in [0.2, 0.25) is 0 Å². The number of rotatable bonds is 3. The van der Waals surface area contributed by atoms with Crippen molar-refractivity contribution in [3.8, 4) is 0 Å². The second-order valence-electron chi connectivity index (χ2n) is 4.42. The minimum absolute atomic E-state index is 0.758. The predicted octanol–water partition coefficient (Wildman–Crippen LogP) is 1.15. The van der Waals surface area contributed by atoms with E-state index < -0.39 is 12.0 Å². The average molecular weight is 234 g/mol. The number of carbonyl (C=O) groups is 1.